The Bertz CT molecular complexity index is 1180. The van der Waals surface area contributed by atoms with Crippen LogP contribution in [0.4, 0.5) is 0 Å². The first-order valence-corrected chi connectivity index (χ1v) is 10.4. The summed E-state index contributed by atoms with van der Waals surface area (Å²) in [6.07, 6.45) is 1.10. The van der Waals surface area contributed by atoms with Crippen molar-refractivity contribution >= 4 is 40.1 Å². The molecule has 30 heavy (non-hydrogen) atoms. The zero-order valence-corrected chi connectivity index (χ0v) is 18.0. The number of amides is 1. The van der Waals surface area contributed by atoms with Gasteiger partial charge in [-0.3, -0.25) is 15.1 Å². The fourth-order valence-corrected chi connectivity index (χ4v) is 4.14. The number of fused-ring (bicyclic) bond motifs is 2. The number of rotatable bonds is 5. The van der Waals surface area contributed by atoms with Crippen molar-refractivity contribution in [2.24, 2.45) is 10.1 Å². The number of halogens is 1. The second-order valence-corrected chi connectivity index (χ2v) is 7.82. The largest absolute Gasteiger partial charge is 0.493 e. The van der Waals surface area contributed by atoms with Crippen LogP contribution < -0.4 is 25.4 Å². The van der Waals surface area contributed by atoms with Gasteiger partial charge in [-0.15, -0.1) is 11.7 Å². The molecule has 0 radical (unpaired) electrons. The maximum atomic E-state index is 13.0. The molecule has 154 valence electrons. The van der Waals surface area contributed by atoms with Gasteiger partial charge < -0.3 is 9.47 Å². The molecule has 0 bridgehead atoms. The molecular formula is C21H19ClN4O3S. The van der Waals surface area contributed by atoms with Crippen LogP contribution in [0.15, 0.2) is 59.1 Å². The molecule has 1 atom stereocenters. The molecule has 1 amide bonds. The van der Waals surface area contributed by atoms with E-state index in [0.717, 1.165) is 0 Å². The molecule has 4 rings (SSSR count). The number of nitrogens with one attached hydrogen (secondary N) is 1. The minimum atomic E-state index is -0.646. The third-order valence-electron chi connectivity index (χ3n) is 4.63. The van der Waals surface area contributed by atoms with Crippen molar-refractivity contribution in [2.75, 3.05) is 20.0 Å². The lowest BCUT2D eigenvalue weighted by Gasteiger charge is -2.34. The topological polar surface area (TPSA) is 75.5 Å². The third-order valence-corrected chi connectivity index (χ3v) is 5.82. The van der Waals surface area contributed by atoms with Crippen molar-refractivity contribution in [3.63, 3.8) is 0 Å². The summed E-state index contributed by atoms with van der Waals surface area (Å²) in [5.41, 5.74) is 1.06. The number of para-hydroxylation sites is 1. The number of hydrogen-bond acceptors (Lipinski definition) is 7. The molecule has 1 unspecified atom stereocenters. The third kappa shape index (κ3) is 3.53. The van der Waals surface area contributed by atoms with Crippen molar-refractivity contribution in [3.05, 3.63) is 70.2 Å². The molecule has 2 heterocycles. The normalized spacial score (nSPS) is 17.2. The van der Waals surface area contributed by atoms with Gasteiger partial charge in [0.05, 0.1) is 24.6 Å². The van der Waals surface area contributed by atoms with Crippen LogP contribution in [0, 0.1) is 0 Å². The Balaban J connectivity index is 1.93. The Labute approximate surface area is 182 Å². The van der Waals surface area contributed by atoms with E-state index in [4.69, 9.17) is 26.1 Å². The average Bonchev–Trinajstić information content (AvgIpc) is 2.76. The number of carbonyl (C=O) groups is 1. The zero-order valence-electron chi connectivity index (χ0n) is 16.4. The quantitative estimate of drug-likeness (QED) is 0.720. The summed E-state index contributed by atoms with van der Waals surface area (Å²) < 4.78 is 10.8. The van der Waals surface area contributed by atoms with Crippen molar-refractivity contribution in [3.8, 4) is 11.5 Å². The van der Waals surface area contributed by atoms with Crippen LogP contribution in [-0.4, -0.2) is 36.1 Å². The number of ether oxygens (including phenoxy) is 2. The first-order chi connectivity index (χ1) is 14.6. The number of nitrogens with zero attached hydrogens (tertiary/aromatic N) is 3. The fourth-order valence-electron chi connectivity index (χ4n) is 3.30. The van der Waals surface area contributed by atoms with Gasteiger partial charge in [-0.1, -0.05) is 47.6 Å². The predicted molar refractivity (Wildman–Crippen MR) is 118 cm³/mol. The van der Waals surface area contributed by atoms with E-state index < -0.39 is 6.17 Å². The summed E-state index contributed by atoms with van der Waals surface area (Å²) in [4.78, 5) is 17.9. The first kappa shape index (κ1) is 20.3. The Morgan fingerprint density at radius 2 is 2.00 bits per heavy atom. The van der Waals surface area contributed by atoms with E-state index in [-0.39, 0.29) is 5.91 Å². The van der Waals surface area contributed by atoms with Gasteiger partial charge in [0, 0.05) is 22.6 Å². The van der Waals surface area contributed by atoms with Gasteiger partial charge in [0.1, 0.15) is 5.70 Å². The molecule has 2 aromatic carbocycles. The van der Waals surface area contributed by atoms with E-state index in [9.17, 15) is 4.79 Å². The molecule has 2 aliphatic heterocycles. The summed E-state index contributed by atoms with van der Waals surface area (Å²) in [7, 11) is 3.10. The molecule has 0 aliphatic carbocycles. The van der Waals surface area contributed by atoms with Crippen LogP contribution in [0.1, 0.15) is 11.7 Å². The van der Waals surface area contributed by atoms with Gasteiger partial charge >= 0.3 is 0 Å². The van der Waals surface area contributed by atoms with E-state index in [0.29, 0.717) is 49.3 Å². The van der Waals surface area contributed by atoms with E-state index in [1.807, 2.05) is 24.3 Å². The molecule has 1 N–H and O–H groups in total. The van der Waals surface area contributed by atoms with Crippen LogP contribution in [0.2, 0.25) is 5.02 Å². The number of benzene rings is 2. The van der Waals surface area contributed by atoms with Crippen LogP contribution in [0.25, 0.3) is 5.70 Å². The van der Waals surface area contributed by atoms with Crippen molar-refractivity contribution in [1.29, 1.82) is 0 Å². The number of amidine groups is 1. The van der Waals surface area contributed by atoms with Gasteiger partial charge in [-0.25, -0.2) is 5.01 Å². The van der Waals surface area contributed by atoms with Gasteiger partial charge in [0.15, 0.2) is 22.8 Å². The maximum absolute atomic E-state index is 13.0. The summed E-state index contributed by atoms with van der Waals surface area (Å²) >= 11 is 7.97. The highest BCUT2D eigenvalue weighted by Crippen LogP contribution is 2.40. The number of thioether (sulfide) groups is 1. The lowest BCUT2D eigenvalue weighted by molar-refractivity contribution is -0.116. The van der Waals surface area contributed by atoms with E-state index in [1.165, 1.54) is 11.8 Å². The maximum Gasteiger partial charge on any atom is 0.276 e. The average molecular weight is 443 g/mol. The van der Waals surface area contributed by atoms with Crippen LogP contribution in [-0.2, 0) is 4.79 Å². The molecule has 0 saturated heterocycles. The summed E-state index contributed by atoms with van der Waals surface area (Å²) in [5.74, 6) is 1.38. The minimum Gasteiger partial charge on any atom is -0.493 e. The Morgan fingerprint density at radius 1 is 1.27 bits per heavy atom. The second-order valence-electron chi connectivity index (χ2n) is 6.40. The Hall–Kier alpha value is -2.97. The van der Waals surface area contributed by atoms with E-state index in [2.05, 4.69) is 17.0 Å². The number of hydrogen-bond donors (Lipinski definition) is 1. The SMILES string of the molecule is C=CCSC1=NN2C(=c3ccccc3=NC2c2cc(OC)c(OC)cc2Cl)C(=O)N1. The zero-order chi connectivity index (χ0) is 21.3. The van der Waals surface area contributed by atoms with E-state index in [1.54, 1.807) is 37.4 Å². The first-order valence-electron chi connectivity index (χ1n) is 9.09. The summed E-state index contributed by atoms with van der Waals surface area (Å²) in [6, 6.07) is 10.9. The summed E-state index contributed by atoms with van der Waals surface area (Å²) in [6.45, 7) is 3.72. The summed E-state index contributed by atoms with van der Waals surface area (Å²) in [5, 5.41) is 11.4. The number of methoxy groups -OCH3 is 2. The molecule has 0 spiro atoms. The molecule has 0 aromatic heterocycles. The lowest BCUT2D eigenvalue weighted by atomic mass is 10.1. The Kier molecular flexibility index (Phi) is 5.69. The highest BCUT2D eigenvalue weighted by molar-refractivity contribution is 8.14. The number of carbonyl (C=O) groups excluding carboxylic acids is 1. The minimum absolute atomic E-state index is 0.250. The van der Waals surface area contributed by atoms with Gasteiger partial charge in [0.2, 0.25) is 0 Å². The van der Waals surface area contributed by atoms with Crippen molar-refractivity contribution in [1.82, 2.24) is 10.3 Å². The van der Waals surface area contributed by atoms with Crippen molar-refractivity contribution < 1.29 is 14.3 Å². The van der Waals surface area contributed by atoms with Crippen LogP contribution in [0.5, 0.6) is 11.5 Å². The lowest BCUT2D eigenvalue weighted by Crippen LogP contribution is -2.50. The highest BCUT2D eigenvalue weighted by atomic mass is 35.5. The van der Waals surface area contributed by atoms with Crippen LogP contribution >= 0.6 is 23.4 Å². The number of hydrazone groups is 1. The molecule has 2 aliphatic rings. The van der Waals surface area contributed by atoms with Gasteiger partial charge in [-0.05, 0) is 12.1 Å². The molecule has 9 heteroatoms. The van der Waals surface area contributed by atoms with Crippen LogP contribution in [0.3, 0.4) is 0 Å². The predicted octanol–water partition coefficient (Wildman–Crippen LogP) is 2.42. The van der Waals surface area contributed by atoms with Gasteiger partial charge in [0.25, 0.3) is 5.91 Å². The molecule has 0 fully saturated rings. The van der Waals surface area contributed by atoms with E-state index >= 15 is 0 Å². The molecule has 7 nitrogen and oxygen atoms in total. The highest BCUT2D eigenvalue weighted by Gasteiger charge is 2.35. The standard InChI is InChI=1S/C21H19ClN4O3S/c1-4-9-30-21-24-20(27)18-12-7-5-6-8-15(12)23-19(26(18)25-21)13-10-16(28-2)17(29-3)11-14(13)22/h4-8,10-11,19H,1,9H2,2-3H3,(H,24,25,27). The fraction of sp³-hybridized carbons (Fsp3) is 0.190. The monoisotopic (exact) mass is 442 g/mol. The molecular weight excluding hydrogens is 424 g/mol. The molecule has 0 saturated carbocycles. The Morgan fingerprint density at radius 3 is 2.73 bits per heavy atom. The second kappa shape index (κ2) is 8.41. The van der Waals surface area contributed by atoms with Crippen molar-refractivity contribution in [2.45, 2.75) is 6.17 Å². The smallest absolute Gasteiger partial charge is 0.276 e. The van der Waals surface area contributed by atoms with Gasteiger partial charge in [-0.2, -0.15) is 0 Å². The molecule has 2 aromatic rings.